The molecular weight excluding hydrogens is 250 g/mol. The first-order chi connectivity index (χ1) is 9.49. The highest BCUT2D eigenvalue weighted by molar-refractivity contribution is 5.41. The summed E-state index contributed by atoms with van der Waals surface area (Å²) >= 11 is 0. The van der Waals surface area contributed by atoms with E-state index in [1.165, 1.54) is 6.42 Å². The number of aliphatic hydroxyl groups is 1. The molecule has 0 amide bonds. The zero-order valence-electron chi connectivity index (χ0n) is 13.2. The average Bonchev–Trinajstić information content (AvgIpc) is 2.44. The van der Waals surface area contributed by atoms with Gasteiger partial charge in [-0.1, -0.05) is 13.3 Å². The standard InChI is InChI=1S/C17H27NO2/c1-5-14-6-8-17(19,9-7-14)10-15-13(3)16(20-4)12(2)11-18-15/h11,14,19H,5-10H2,1-4H3. The molecule has 0 unspecified atom stereocenters. The highest BCUT2D eigenvalue weighted by Gasteiger charge is 2.33. The van der Waals surface area contributed by atoms with Gasteiger partial charge in [0, 0.05) is 29.4 Å². The minimum atomic E-state index is -0.580. The zero-order chi connectivity index (χ0) is 14.8. The number of pyridine rings is 1. The maximum Gasteiger partial charge on any atom is 0.128 e. The van der Waals surface area contributed by atoms with Crippen molar-refractivity contribution in [1.82, 2.24) is 4.98 Å². The van der Waals surface area contributed by atoms with Crippen molar-refractivity contribution in [3.05, 3.63) is 23.0 Å². The molecule has 1 fully saturated rings. The van der Waals surface area contributed by atoms with Crippen molar-refractivity contribution in [1.29, 1.82) is 0 Å². The number of rotatable bonds is 4. The first-order valence-electron chi connectivity index (χ1n) is 7.70. The minimum Gasteiger partial charge on any atom is -0.496 e. The maximum absolute atomic E-state index is 10.8. The van der Waals surface area contributed by atoms with Gasteiger partial charge in [0.2, 0.25) is 0 Å². The number of methoxy groups -OCH3 is 1. The molecule has 3 heteroatoms. The van der Waals surface area contributed by atoms with Crippen LogP contribution in [0.25, 0.3) is 0 Å². The van der Waals surface area contributed by atoms with Crippen LogP contribution in [0.15, 0.2) is 6.20 Å². The van der Waals surface area contributed by atoms with Crippen molar-refractivity contribution in [2.45, 2.75) is 64.9 Å². The Bertz CT molecular complexity index is 462. The molecular formula is C17H27NO2. The molecule has 1 saturated carbocycles. The van der Waals surface area contributed by atoms with Crippen molar-refractivity contribution in [3.8, 4) is 5.75 Å². The molecule has 1 aromatic rings. The van der Waals surface area contributed by atoms with E-state index in [1.54, 1.807) is 7.11 Å². The van der Waals surface area contributed by atoms with Gasteiger partial charge in [-0.25, -0.2) is 0 Å². The van der Waals surface area contributed by atoms with E-state index in [-0.39, 0.29) is 0 Å². The van der Waals surface area contributed by atoms with Crippen molar-refractivity contribution in [3.63, 3.8) is 0 Å². The van der Waals surface area contributed by atoms with Crippen LogP contribution in [-0.2, 0) is 6.42 Å². The monoisotopic (exact) mass is 277 g/mol. The number of aryl methyl sites for hydroxylation is 1. The lowest BCUT2D eigenvalue weighted by Crippen LogP contribution is -2.36. The first-order valence-corrected chi connectivity index (χ1v) is 7.70. The number of aromatic nitrogens is 1. The molecule has 0 aromatic carbocycles. The highest BCUT2D eigenvalue weighted by atomic mass is 16.5. The Morgan fingerprint density at radius 3 is 2.55 bits per heavy atom. The van der Waals surface area contributed by atoms with Gasteiger partial charge in [-0.2, -0.15) is 0 Å². The summed E-state index contributed by atoms with van der Waals surface area (Å²) in [6, 6.07) is 0. The molecule has 1 heterocycles. The third kappa shape index (κ3) is 3.14. The van der Waals surface area contributed by atoms with Gasteiger partial charge in [-0.15, -0.1) is 0 Å². The van der Waals surface area contributed by atoms with Gasteiger partial charge in [-0.3, -0.25) is 4.98 Å². The molecule has 0 spiro atoms. The van der Waals surface area contributed by atoms with Crippen LogP contribution in [0.2, 0.25) is 0 Å². The second kappa shape index (κ2) is 6.13. The fourth-order valence-corrected chi connectivity index (χ4v) is 3.36. The van der Waals surface area contributed by atoms with E-state index in [4.69, 9.17) is 4.74 Å². The predicted molar refractivity (Wildman–Crippen MR) is 81.2 cm³/mol. The molecule has 2 rings (SSSR count). The summed E-state index contributed by atoms with van der Waals surface area (Å²) in [6.45, 7) is 6.28. The van der Waals surface area contributed by atoms with Gasteiger partial charge < -0.3 is 9.84 Å². The Balaban J connectivity index is 2.14. The molecule has 1 N–H and O–H groups in total. The minimum absolute atomic E-state index is 0.580. The summed E-state index contributed by atoms with van der Waals surface area (Å²) in [4.78, 5) is 4.52. The molecule has 112 valence electrons. The Morgan fingerprint density at radius 1 is 1.35 bits per heavy atom. The van der Waals surface area contributed by atoms with Crippen LogP contribution in [0.1, 0.15) is 55.8 Å². The van der Waals surface area contributed by atoms with Crippen LogP contribution in [-0.4, -0.2) is 22.8 Å². The Hall–Kier alpha value is -1.09. The summed E-state index contributed by atoms with van der Waals surface area (Å²) in [5, 5.41) is 10.8. The second-order valence-electron chi connectivity index (χ2n) is 6.30. The number of hydrogen-bond acceptors (Lipinski definition) is 3. The summed E-state index contributed by atoms with van der Waals surface area (Å²) < 4.78 is 5.45. The second-order valence-corrected chi connectivity index (χ2v) is 6.30. The quantitative estimate of drug-likeness (QED) is 0.914. The largest absolute Gasteiger partial charge is 0.496 e. The Morgan fingerprint density at radius 2 is 2.00 bits per heavy atom. The van der Waals surface area contributed by atoms with Crippen molar-refractivity contribution in [2.75, 3.05) is 7.11 Å². The van der Waals surface area contributed by atoms with Crippen LogP contribution < -0.4 is 4.74 Å². The van der Waals surface area contributed by atoms with E-state index < -0.39 is 5.60 Å². The van der Waals surface area contributed by atoms with Gasteiger partial charge in [0.25, 0.3) is 0 Å². The first kappa shape index (κ1) is 15.3. The fourth-order valence-electron chi connectivity index (χ4n) is 3.36. The van der Waals surface area contributed by atoms with Crippen molar-refractivity contribution < 1.29 is 9.84 Å². The topological polar surface area (TPSA) is 42.4 Å². The molecule has 0 saturated heterocycles. The highest BCUT2D eigenvalue weighted by Crippen LogP contribution is 2.37. The fraction of sp³-hybridized carbons (Fsp3) is 0.706. The molecule has 0 radical (unpaired) electrons. The predicted octanol–water partition coefficient (Wildman–Crippen LogP) is 3.58. The molecule has 1 aliphatic carbocycles. The Labute approximate surface area is 122 Å². The van der Waals surface area contributed by atoms with Gasteiger partial charge >= 0.3 is 0 Å². The van der Waals surface area contributed by atoms with E-state index in [0.29, 0.717) is 6.42 Å². The molecule has 1 aliphatic rings. The van der Waals surface area contributed by atoms with Gasteiger partial charge in [0.1, 0.15) is 5.75 Å². The molecule has 0 atom stereocenters. The lowest BCUT2D eigenvalue weighted by atomic mass is 9.75. The van der Waals surface area contributed by atoms with Crippen LogP contribution >= 0.6 is 0 Å². The number of nitrogens with zero attached hydrogens (tertiary/aromatic N) is 1. The normalized spacial score (nSPS) is 26.6. The van der Waals surface area contributed by atoms with E-state index in [0.717, 1.165) is 54.2 Å². The number of ether oxygens (including phenoxy) is 1. The van der Waals surface area contributed by atoms with Gasteiger partial charge in [0.05, 0.1) is 12.7 Å². The van der Waals surface area contributed by atoms with Crippen LogP contribution in [0, 0.1) is 19.8 Å². The summed E-state index contributed by atoms with van der Waals surface area (Å²) in [5.41, 5.74) is 2.52. The lowest BCUT2D eigenvalue weighted by molar-refractivity contribution is -0.0101. The third-order valence-corrected chi connectivity index (χ3v) is 4.86. The average molecular weight is 277 g/mol. The van der Waals surface area contributed by atoms with E-state index in [9.17, 15) is 5.11 Å². The van der Waals surface area contributed by atoms with E-state index >= 15 is 0 Å². The summed E-state index contributed by atoms with van der Waals surface area (Å²) in [5.74, 6) is 1.69. The maximum atomic E-state index is 10.8. The molecule has 3 nitrogen and oxygen atoms in total. The summed E-state index contributed by atoms with van der Waals surface area (Å²) in [7, 11) is 1.69. The summed E-state index contributed by atoms with van der Waals surface area (Å²) in [6.07, 6.45) is 7.77. The van der Waals surface area contributed by atoms with Crippen molar-refractivity contribution >= 4 is 0 Å². The molecule has 0 aliphatic heterocycles. The molecule has 1 aromatic heterocycles. The molecule has 20 heavy (non-hydrogen) atoms. The smallest absolute Gasteiger partial charge is 0.128 e. The van der Waals surface area contributed by atoms with E-state index in [1.807, 2.05) is 20.0 Å². The van der Waals surface area contributed by atoms with Gasteiger partial charge in [-0.05, 0) is 45.4 Å². The number of hydrogen-bond donors (Lipinski definition) is 1. The molecule has 0 bridgehead atoms. The van der Waals surface area contributed by atoms with Crippen LogP contribution in [0.3, 0.4) is 0 Å². The van der Waals surface area contributed by atoms with Gasteiger partial charge in [0.15, 0.2) is 0 Å². The van der Waals surface area contributed by atoms with Crippen molar-refractivity contribution in [2.24, 2.45) is 5.92 Å². The van der Waals surface area contributed by atoms with E-state index in [2.05, 4.69) is 11.9 Å². The lowest BCUT2D eigenvalue weighted by Gasteiger charge is -2.36. The zero-order valence-corrected chi connectivity index (χ0v) is 13.2. The Kier molecular flexibility index (Phi) is 4.69. The third-order valence-electron chi connectivity index (χ3n) is 4.86. The van der Waals surface area contributed by atoms with Crippen LogP contribution in [0.4, 0.5) is 0 Å². The SMILES string of the molecule is CCC1CCC(O)(Cc2ncc(C)c(OC)c2C)CC1. The van der Waals surface area contributed by atoms with Crippen LogP contribution in [0.5, 0.6) is 5.75 Å².